The number of carbonyl (C=O) groups excluding carboxylic acids is 1. The lowest BCUT2D eigenvalue weighted by molar-refractivity contribution is 0.0939. The zero-order valence-corrected chi connectivity index (χ0v) is 13.6. The molecular weight excluding hydrogens is 296 g/mol. The van der Waals surface area contributed by atoms with E-state index in [1.54, 1.807) is 39.6 Å². The monoisotopic (exact) mass is 316 g/mol. The highest BCUT2D eigenvalue weighted by Gasteiger charge is 2.14. The lowest BCUT2D eigenvalue weighted by Gasteiger charge is -2.16. The van der Waals surface area contributed by atoms with E-state index in [2.05, 4.69) is 5.32 Å². The number of nitrogens with zero attached hydrogens (tertiary/aromatic N) is 1. The van der Waals surface area contributed by atoms with E-state index < -0.39 is 0 Å². The molecule has 1 aromatic heterocycles. The molecule has 23 heavy (non-hydrogen) atoms. The number of rotatable bonds is 5. The predicted molar refractivity (Wildman–Crippen MR) is 87.1 cm³/mol. The van der Waals surface area contributed by atoms with Gasteiger partial charge in [0.1, 0.15) is 0 Å². The summed E-state index contributed by atoms with van der Waals surface area (Å²) in [6, 6.07) is 8.14. The number of amides is 1. The highest BCUT2D eigenvalue weighted by Crippen LogP contribution is 2.29. The lowest BCUT2D eigenvalue weighted by Crippen LogP contribution is -2.28. The summed E-state index contributed by atoms with van der Waals surface area (Å²) in [5.74, 6) is 0.922. The molecule has 1 unspecified atom stereocenters. The van der Waals surface area contributed by atoms with Crippen molar-refractivity contribution in [3.63, 3.8) is 0 Å². The molecule has 0 saturated carbocycles. The standard InChI is InChI=1S/C17H20N2O4/c1-11(12-5-6-14(22-3)15(9-12)23-4)18-17(21)13-7-8-19(2)16(20)10-13/h5-11H,1-4H3,(H,18,21). The molecule has 0 aliphatic heterocycles. The Morgan fingerprint density at radius 3 is 2.43 bits per heavy atom. The first-order chi connectivity index (χ1) is 11.0. The van der Waals surface area contributed by atoms with E-state index >= 15 is 0 Å². The van der Waals surface area contributed by atoms with Crippen LogP contribution < -0.4 is 20.3 Å². The molecule has 0 spiro atoms. The van der Waals surface area contributed by atoms with E-state index in [1.165, 1.54) is 10.6 Å². The van der Waals surface area contributed by atoms with Crippen LogP contribution in [0.3, 0.4) is 0 Å². The summed E-state index contributed by atoms with van der Waals surface area (Å²) in [5.41, 5.74) is 0.983. The van der Waals surface area contributed by atoms with Crippen LogP contribution in [0.5, 0.6) is 11.5 Å². The van der Waals surface area contributed by atoms with E-state index in [9.17, 15) is 9.59 Å². The molecule has 0 radical (unpaired) electrons. The van der Waals surface area contributed by atoms with Gasteiger partial charge in [-0.15, -0.1) is 0 Å². The molecule has 122 valence electrons. The maximum atomic E-state index is 12.3. The minimum atomic E-state index is -0.301. The Morgan fingerprint density at radius 2 is 1.83 bits per heavy atom. The molecule has 0 aliphatic carbocycles. The summed E-state index contributed by atoms with van der Waals surface area (Å²) in [6.45, 7) is 1.86. The maximum Gasteiger partial charge on any atom is 0.252 e. The molecule has 0 aliphatic rings. The molecule has 1 amide bonds. The van der Waals surface area contributed by atoms with Crippen LogP contribution in [0.1, 0.15) is 28.9 Å². The molecule has 1 aromatic carbocycles. The minimum Gasteiger partial charge on any atom is -0.493 e. The van der Waals surface area contributed by atoms with Crippen molar-refractivity contribution in [1.82, 2.24) is 9.88 Å². The number of carbonyl (C=O) groups is 1. The number of benzene rings is 1. The molecule has 0 saturated heterocycles. The van der Waals surface area contributed by atoms with E-state index in [-0.39, 0.29) is 17.5 Å². The number of methoxy groups -OCH3 is 2. The molecule has 6 heteroatoms. The van der Waals surface area contributed by atoms with Crippen LogP contribution in [0.15, 0.2) is 41.3 Å². The summed E-state index contributed by atoms with van der Waals surface area (Å²) in [6.07, 6.45) is 1.57. The van der Waals surface area contributed by atoms with Crippen LogP contribution in [-0.4, -0.2) is 24.7 Å². The van der Waals surface area contributed by atoms with Gasteiger partial charge in [-0.3, -0.25) is 9.59 Å². The Morgan fingerprint density at radius 1 is 1.13 bits per heavy atom. The van der Waals surface area contributed by atoms with E-state index in [1.807, 2.05) is 19.1 Å². The van der Waals surface area contributed by atoms with Gasteiger partial charge in [0.05, 0.1) is 20.3 Å². The van der Waals surface area contributed by atoms with E-state index in [0.717, 1.165) is 5.56 Å². The normalized spacial score (nSPS) is 11.7. The summed E-state index contributed by atoms with van der Waals surface area (Å²) in [4.78, 5) is 23.9. The first-order valence-corrected chi connectivity index (χ1v) is 7.15. The molecule has 2 rings (SSSR count). The molecule has 6 nitrogen and oxygen atoms in total. The first-order valence-electron chi connectivity index (χ1n) is 7.15. The number of hydrogen-bond acceptors (Lipinski definition) is 4. The number of pyridine rings is 1. The highest BCUT2D eigenvalue weighted by atomic mass is 16.5. The van der Waals surface area contributed by atoms with Crippen molar-refractivity contribution in [3.8, 4) is 11.5 Å². The quantitative estimate of drug-likeness (QED) is 0.914. The van der Waals surface area contributed by atoms with Crippen molar-refractivity contribution < 1.29 is 14.3 Å². The van der Waals surface area contributed by atoms with Crippen molar-refractivity contribution in [3.05, 3.63) is 58.0 Å². The lowest BCUT2D eigenvalue weighted by atomic mass is 10.1. The summed E-state index contributed by atoms with van der Waals surface area (Å²) in [5, 5.41) is 2.86. The van der Waals surface area contributed by atoms with Gasteiger partial charge in [-0.1, -0.05) is 6.07 Å². The van der Waals surface area contributed by atoms with Crippen LogP contribution >= 0.6 is 0 Å². The average Bonchev–Trinajstić information content (AvgIpc) is 2.56. The second-order valence-electron chi connectivity index (χ2n) is 5.17. The molecule has 1 N–H and O–H groups in total. The fraction of sp³-hybridized carbons (Fsp3) is 0.294. The third-order valence-electron chi connectivity index (χ3n) is 3.62. The second-order valence-corrected chi connectivity index (χ2v) is 5.17. The Kier molecular flexibility index (Phi) is 5.05. The fourth-order valence-corrected chi connectivity index (χ4v) is 2.18. The second kappa shape index (κ2) is 7.00. The molecule has 1 heterocycles. The number of nitrogens with one attached hydrogen (secondary N) is 1. The highest BCUT2D eigenvalue weighted by molar-refractivity contribution is 5.94. The van der Waals surface area contributed by atoms with Gasteiger partial charge >= 0.3 is 0 Å². The number of hydrogen-bond donors (Lipinski definition) is 1. The average molecular weight is 316 g/mol. The number of aryl methyl sites for hydroxylation is 1. The van der Waals surface area contributed by atoms with Gasteiger partial charge < -0.3 is 19.4 Å². The largest absolute Gasteiger partial charge is 0.493 e. The van der Waals surface area contributed by atoms with Crippen molar-refractivity contribution in [2.45, 2.75) is 13.0 Å². The SMILES string of the molecule is COc1ccc(C(C)NC(=O)c2ccn(C)c(=O)c2)cc1OC. The van der Waals surface area contributed by atoms with Gasteiger partial charge in [-0.05, 0) is 30.7 Å². The smallest absolute Gasteiger partial charge is 0.252 e. The van der Waals surface area contributed by atoms with E-state index in [0.29, 0.717) is 17.1 Å². The molecule has 0 fully saturated rings. The zero-order chi connectivity index (χ0) is 17.0. The Labute approximate surface area is 134 Å². The maximum absolute atomic E-state index is 12.3. The Balaban J connectivity index is 2.17. The van der Waals surface area contributed by atoms with Crippen LogP contribution in [0.2, 0.25) is 0 Å². The third kappa shape index (κ3) is 3.71. The fourth-order valence-electron chi connectivity index (χ4n) is 2.18. The molecule has 2 aromatic rings. The number of ether oxygens (including phenoxy) is 2. The third-order valence-corrected chi connectivity index (χ3v) is 3.62. The minimum absolute atomic E-state index is 0.226. The van der Waals surface area contributed by atoms with Crippen LogP contribution in [0.25, 0.3) is 0 Å². The van der Waals surface area contributed by atoms with Gasteiger partial charge in [-0.2, -0.15) is 0 Å². The van der Waals surface area contributed by atoms with Gasteiger partial charge in [0, 0.05) is 24.9 Å². The molecule has 0 bridgehead atoms. The zero-order valence-electron chi connectivity index (χ0n) is 13.6. The predicted octanol–water partition coefficient (Wildman–Crippen LogP) is 1.89. The molecule has 1 atom stereocenters. The van der Waals surface area contributed by atoms with Crippen LogP contribution in [0.4, 0.5) is 0 Å². The summed E-state index contributed by atoms with van der Waals surface area (Å²) in [7, 11) is 4.76. The van der Waals surface area contributed by atoms with E-state index in [4.69, 9.17) is 9.47 Å². The Bertz CT molecular complexity index is 767. The van der Waals surface area contributed by atoms with Gasteiger partial charge in [0.2, 0.25) is 0 Å². The topological polar surface area (TPSA) is 69.6 Å². The van der Waals surface area contributed by atoms with Crippen molar-refractivity contribution in [2.75, 3.05) is 14.2 Å². The summed E-state index contributed by atoms with van der Waals surface area (Å²) < 4.78 is 11.9. The van der Waals surface area contributed by atoms with Crippen molar-refractivity contribution >= 4 is 5.91 Å². The summed E-state index contributed by atoms with van der Waals surface area (Å²) >= 11 is 0. The Hall–Kier alpha value is -2.76. The number of aromatic nitrogens is 1. The van der Waals surface area contributed by atoms with Crippen molar-refractivity contribution in [1.29, 1.82) is 0 Å². The molecular formula is C17H20N2O4. The van der Waals surface area contributed by atoms with Crippen LogP contribution in [-0.2, 0) is 7.05 Å². The first kappa shape index (κ1) is 16.6. The van der Waals surface area contributed by atoms with Crippen molar-refractivity contribution in [2.24, 2.45) is 7.05 Å². The van der Waals surface area contributed by atoms with Gasteiger partial charge in [0.15, 0.2) is 11.5 Å². The van der Waals surface area contributed by atoms with Crippen LogP contribution in [0, 0.1) is 0 Å². The van der Waals surface area contributed by atoms with Gasteiger partial charge in [-0.25, -0.2) is 0 Å². The van der Waals surface area contributed by atoms with Gasteiger partial charge in [0.25, 0.3) is 11.5 Å².